The second kappa shape index (κ2) is 11.5. The minimum Gasteiger partial charge on any atom is -0.483 e. The Kier molecular flexibility index (Phi) is 7.75. The van der Waals surface area contributed by atoms with E-state index in [1.807, 2.05) is 33.8 Å². The van der Waals surface area contributed by atoms with Crippen LogP contribution < -0.4 is 26.6 Å². The van der Waals surface area contributed by atoms with E-state index in [2.05, 4.69) is 0 Å². The topological polar surface area (TPSA) is 151 Å². The number of carbonyl (C=O) groups is 3. The van der Waals surface area contributed by atoms with Gasteiger partial charge in [0.2, 0.25) is 5.91 Å². The molecule has 0 radical (unpaired) electrons. The van der Waals surface area contributed by atoms with Crippen LogP contribution in [0.15, 0.2) is 63.7 Å². The number of carbonyl (C=O) groups excluding carboxylic acids is 3. The summed E-state index contributed by atoms with van der Waals surface area (Å²) in [6.07, 6.45) is 1.36. The Balaban J connectivity index is 1.26. The molecule has 4 heterocycles. The zero-order chi connectivity index (χ0) is 33.1. The molecule has 3 aliphatic rings. The van der Waals surface area contributed by atoms with Crippen molar-refractivity contribution in [3.63, 3.8) is 0 Å². The first kappa shape index (κ1) is 31.1. The molecular formula is C33H38N6O7. The molecule has 0 aliphatic carbocycles. The van der Waals surface area contributed by atoms with Crippen LogP contribution in [0.4, 0.5) is 4.79 Å². The monoisotopic (exact) mass is 630 g/mol. The molecule has 0 saturated carbocycles. The van der Waals surface area contributed by atoms with Crippen molar-refractivity contribution in [1.29, 1.82) is 0 Å². The Labute approximate surface area is 265 Å². The molecule has 2 aromatic carbocycles. The van der Waals surface area contributed by atoms with Gasteiger partial charge < -0.3 is 25.0 Å². The minimum atomic E-state index is -0.841. The molecule has 46 heavy (non-hydrogen) atoms. The number of aromatic nitrogens is 3. The molecule has 2 amide bonds. The molecule has 13 heteroatoms. The quantitative estimate of drug-likeness (QED) is 0.333. The van der Waals surface area contributed by atoms with E-state index in [4.69, 9.17) is 15.2 Å². The number of nitrogens with zero attached hydrogens (tertiary/aromatic N) is 5. The number of hydrogen-bond acceptors (Lipinski definition) is 8. The van der Waals surface area contributed by atoms with Gasteiger partial charge in [-0.05, 0) is 68.7 Å². The molecular weight excluding hydrogens is 592 g/mol. The number of ketones is 1. The summed E-state index contributed by atoms with van der Waals surface area (Å²) < 4.78 is 16.0. The third-order valence-corrected chi connectivity index (χ3v) is 9.01. The van der Waals surface area contributed by atoms with Gasteiger partial charge in [0.05, 0.1) is 18.3 Å². The third kappa shape index (κ3) is 5.23. The van der Waals surface area contributed by atoms with Crippen molar-refractivity contribution < 1.29 is 23.9 Å². The van der Waals surface area contributed by atoms with Crippen LogP contribution in [-0.4, -0.2) is 79.3 Å². The molecule has 0 spiro atoms. The SMILES string of the molecule is CC(=O)c1ccc(-n2c(=O)n3n(c2=O)C2C(=CC3)C(C)(C)Oc3cc(OC(=O)N4CCN(C(=O)C(N)C(C)C)CC4)ccc32)cc1. The Morgan fingerprint density at radius 1 is 0.957 bits per heavy atom. The second-order valence-electron chi connectivity index (χ2n) is 12.8. The average molecular weight is 631 g/mol. The number of Topliss-reactive ketones (excluding diaryl/α,β-unsaturated/α-hetero) is 1. The Morgan fingerprint density at radius 2 is 1.61 bits per heavy atom. The van der Waals surface area contributed by atoms with E-state index >= 15 is 0 Å². The Bertz CT molecular complexity index is 1870. The summed E-state index contributed by atoms with van der Waals surface area (Å²) in [4.78, 5) is 68.1. The fraction of sp³-hybridized carbons (Fsp3) is 0.424. The second-order valence-corrected chi connectivity index (χ2v) is 12.8. The molecule has 1 aromatic heterocycles. The number of ether oxygens (including phenoxy) is 2. The number of allylic oxidation sites excluding steroid dienone is 1. The number of benzene rings is 2. The van der Waals surface area contributed by atoms with Crippen LogP contribution >= 0.6 is 0 Å². The van der Waals surface area contributed by atoms with E-state index in [1.165, 1.54) is 16.3 Å². The summed E-state index contributed by atoms with van der Waals surface area (Å²) >= 11 is 0. The molecule has 0 bridgehead atoms. The van der Waals surface area contributed by atoms with Crippen LogP contribution in [0.5, 0.6) is 11.5 Å². The van der Waals surface area contributed by atoms with Crippen LogP contribution in [0, 0.1) is 5.92 Å². The molecule has 2 atom stereocenters. The van der Waals surface area contributed by atoms with Crippen LogP contribution in [0.1, 0.15) is 56.6 Å². The highest BCUT2D eigenvalue weighted by Gasteiger charge is 2.44. The smallest absolute Gasteiger partial charge is 0.415 e. The summed E-state index contributed by atoms with van der Waals surface area (Å²) in [6, 6.07) is 10.1. The van der Waals surface area contributed by atoms with E-state index in [1.54, 1.807) is 52.3 Å². The fourth-order valence-electron chi connectivity index (χ4n) is 6.28. The van der Waals surface area contributed by atoms with Gasteiger partial charge in [-0.25, -0.2) is 28.3 Å². The first-order chi connectivity index (χ1) is 21.8. The third-order valence-electron chi connectivity index (χ3n) is 9.01. The average Bonchev–Trinajstić information content (AvgIpc) is 3.29. The minimum absolute atomic E-state index is 0.0176. The Hall–Kier alpha value is -4.91. The molecule has 1 saturated heterocycles. The van der Waals surface area contributed by atoms with Crippen molar-refractivity contribution in [2.24, 2.45) is 11.7 Å². The summed E-state index contributed by atoms with van der Waals surface area (Å²) in [5, 5.41) is 0. The van der Waals surface area contributed by atoms with Crippen molar-refractivity contribution in [2.75, 3.05) is 26.2 Å². The predicted octanol–water partition coefficient (Wildman–Crippen LogP) is 2.33. The van der Waals surface area contributed by atoms with Gasteiger partial charge in [-0.2, -0.15) is 0 Å². The van der Waals surface area contributed by atoms with Gasteiger partial charge in [0.25, 0.3) is 0 Å². The first-order valence-corrected chi connectivity index (χ1v) is 15.4. The van der Waals surface area contributed by atoms with Crippen LogP contribution in [-0.2, 0) is 11.3 Å². The lowest BCUT2D eigenvalue weighted by molar-refractivity contribution is -0.135. The van der Waals surface area contributed by atoms with Crippen molar-refractivity contribution in [3.05, 3.63) is 86.2 Å². The molecule has 3 aliphatic heterocycles. The number of hydrogen-bond donors (Lipinski definition) is 1. The lowest BCUT2D eigenvalue weighted by atomic mass is 9.83. The molecule has 2 unspecified atom stereocenters. The van der Waals surface area contributed by atoms with Gasteiger partial charge in [0, 0.05) is 43.4 Å². The van der Waals surface area contributed by atoms with Crippen LogP contribution in [0.25, 0.3) is 5.69 Å². The first-order valence-electron chi connectivity index (χ1n) is 15.4. The number of fused-ring (bicyclic) bond motifs is 5. The number of nitrogens with two attached hydrogens (primary N) is 1. The molecule has 6 rings (SSSR count). The lowest BCUT2D eigenvalue weighted by Crippen LogP contribution is -2.55. The van der Waals surface area contributed by atoms with Gasteiger partial charge in [0.1, 0.15) is 23.1 Å². The highest BCUT2D eigenvalue weighted by molar-refractivity contribution is 5.94. The van der Waals surface area contributed by atoms with E-state index in [-0.39, 0.29) is 29.9 Å². The number of piperazine rings is 1. The molecule has 13 nitrogen and oxygen atoms in total. The lowest BCUT2D eigenvalue weighted by Gasteiger charge is -2.42. The van der Waals surface area contributed by atoms with Crippen molar-refractivity contribution in [3.8, 4) is 17.2 Å². The van der Waals surface area contributed by atoms with Crippen LogP contribution in [0.2, 0.25) is 0 Å². The normalized spacial score (nSPS) is 18.9. The molecule has 3 aromatic rings. The van der Waals surface area contributed by atoms with Crippen molar-refractivity contribution in [2.45, 2.75) is 58.8 Å². The van der Waals surface area contributed by atoms with Gasteiger partial charge in [-0.15, -0.1) is 0 Å². The maximum atomic E-state index is 13.9. The van der Waals surface area contributed by atoms with E-state index in [0.717, 1.165) is 10.1 Å². The zero-order valence-electron chi connectivity index (χ0n) is 26.6. The van der Waals surface area contributed by atoms with E-state index in [0.29, 0.717) is 48.7 Å². The highest BCUT2D eigenvalue weighted by atomic mass is 16.6. The van der Waals surface area contributed by atoms with Crippen molar-refractivity contribution in [1.82, 2.24) is 23.7 Å². The van der Waals surface area contributed by atoms with Crippen LogP contribution in [0.3, 0.4) is 0 Å². The molecule has 242 valence electrons. The van der Waals surface area contributed by atoms with E-state index in [9.17, 15) is 24.0 Å². The Morgan fingerprint density at radius 3 is 2.24 bits per heavy atom. The van der Waals surface area contributed by atoms with Gasteiger partial charge in [-0.1, -0.05) is 19.9 Å². The van der Waals surface area contributed by atoms with Crippen molar-refractivity contribution >= 4 is 17.8 Å². The standard InChI is InChI=1S/C33H38N6O7/c1-19(2)27(34)29(41)35-14-16-36(17-15-35)32(44)45-23-10-11-24-26(18-23)46-33(4,5)25-12-13-37-30(42)38(31(43)39(37)28(24)25)22-8-6-21(7-9-22)20(3)40/h6-12,18-19,27-28H,13-17,34H2,1-5H3. The van der Waals surface area contributed by atoms with Gasteiger partial charge in [-0.3, -0.25) is 9.59 Å². The predicted molar refractivity (Wildman–Crippen MR) is 169 cm³/mol. The maximum Gasteiger partial charge on any atom is 0.415 e. The maximum absolute atomic E-state index is 13.9. The van der Waals surface area contributed by atoms with Gasteiger partial charge >= 0.3 is 17.5 Å². The number of rotatable bonds is 5. The largest absolute Gasteiger partial charge is 0.483 e. The summed E-state index contributed by atoms with van der Waals surface area (Å²) in [7, 11) is 0. The highest BCUT2D eigenvalue weighted by Crippen LogP contribution is 2.47. The van der Waals surface area contributed by atoms with E-state index < -0.39 is 35.2 Å². The zero-order valence-corrected chi connectivity index (χ0v) is 26.6. The number of amides is 2. The molecule has 1 fully saturated rings. The molecule has 2 N–H and O–H groups in total. The summed E-state index contributed by atoms with van der Waals surface area (Å²) in [5.41, 5.74) is 6.46. The van der Waals surface area contributed by atoms with Gasteiger partial charge in [0.15, 0.2) is 5.78 Å². The summed E-state index contributed by atoms with van der Waals surface area (Å²) in [5.74, 6) is 0.453. The summed E-state index contributed by atoms with van der Waals surface area (Å²) in [6.45, 7) is 10.6. The fourth-order valence-corrected chi connectivity index (χ4v) is 6.28.